The molecule has 1 fully saturated rings. The molecule has 1 aromatic heterocycles. The zero-order valence-corrected chi connectivity index (χ0v) is 15.9. The van der Waals surface area contributed by atoms with Crippen LogP contribution in [0.15, 0.2) is 29.4 Å². The van der Waals surface area contributed by atoms with E-state index in [9.17, 15) is 9.18 Å². The summed E-state index contributed by atoms with van der Waals surface area (Å²) in [5.74, 6) is 1.00. The van der Waals surface area contributed by atoms with E-state index in [1.807, 2.05) is 17.9 Å². The molecule has 1 aliphatic heterocycles. The lowest BCUT2D eigenvalue weighted by Gasteiger charge is -2.31. The summed E-state index contributed by atoms with van der Waals surface area (Å²) in [7, 11) is 2.00. The van der Waals surface area contributed by atoms with E-state index in [2.05, 4.69) is 20.4 Å². The number of hydrogen-bond acceptors (Lipinski definition) is 5. The number of rotatable bonds is 6. The van der Waals surface area contributed by atoms with Gasteiger partial charge in [0.05, 0.1) is 6.54 Å². The Labute approximate surface area is 157 Å². The predicted octanol–water partition coefficient (Wildman–Crippen LogP) is 2.17. The van der Waals surface area contributed by atoms with Crippen molar-refractivity contribution in [3.05, 3.63) is 41.5 Å². The van der Waals surface area contributed by atoms with Gasteiger partial charge in [0.1, 0.15) is 11.6 Å². The van der Waals surface area contributed by atoms with Gasteiger partial charge in [-0.1, -0.05) is 23.9 Å². The van der Waals surface area contributed by atoms with E-state index >= 15 is 0 Å². The van der Waals surface area contributed by atoms with Gasteiger partial charge in [0.25, 0.3) is 0 Å². The molecule has 140 valence electrons. The minimum Gasteiger partial charge on any atom is -0.351 e. The monoisotopic (exact) mass is 377 g/mol. The molecule has 1 saturated heterocycles. The number of amides is 1. The number of aromatic nitrogens is 3. The first-order valence-electron chi connectivity index (χ1n) is 8.73. The fourth-order valence-corrected chi connectivity index (χ4v) is 3.82. The maximum absolute atomic E-state index is 12.9. The van der Waals surface area contributed by atoms with E-state index < -0.39 is 0 Å². The van der Waals surface area contributed by atoms with Crippen LogP contribution in [0.5, 0.6) is 0 Å². The molecule has 0 spiro atoms. The maximum atomic E-state index is 12.9. The summed E-state index contributed by atoms with van der Waals surface area (Å²) < 4.78 is 15.0. The van der Waals surface area contributed by atoms with Crippen molar-refractivity contribution in [2.45, 2.75) is 30.5 Å². The van der Waals surface area contributed by atoms with Crippen LogP contribution < -0.4 is 5.32 Å². The Bertz CT molecular complexity index is 749. The third-order valence-corrected chi connectivity index (χ3v) is 5.41. The van der Waals surface area contributed by atoms with Gasteiger partial charge in [0, 0.05) is 26.1 Å². The van der Waals surface area contributed by atoms with Gasteiger partial charge in [-0.3, -0.25) is 9.69 Å². The highest BCUT2D eigenvalue weighted by atomic mass is 32.2. The number of benzene rings is 1. The lowest BCUT2D eigenvalue weighted by Crippen LogP contribution is -2.42. The first-order valence-corrected chi connectivity index (χ1v) is 9.96. The molecule has 3 rings (SSSR count). The van der Waals surface area contributed by atoms with Crippen molar-refractivity contribution in [2.24, 2.45) is 7.05 Å². The zero-order chi connectivity index (χ0) is 18.5. The van der Waals surface area contributed by atoms with Crippen LogP contribution >= 0.6 is 11.8 Å². The van der Waals surface area contributed by atoms with Crippen molar-refractivity contribution in [2.75, 3.05) is 25.9 Å². The van der Waals surface area contributed by atoms with Crippen molar-refractivity contribution in [1.29, 1.82) is 0 Å². The fraction of sp³-hybridized carbons (Fsp3) is 0.500. The van der Waals surface area contributed by atoms with Crippen LogP contribution in [0.4, 0.5) is 4.39 Å². The van der Waals surface area contributed by atoms with Gasteiger partial charge in [0.15, 0.2) is 5.16 Å². The lowest BCUT2D eigenvalue weighted by molar-refractivity contribution is -0.122. The second-order valence-corrected chi connectivity index (χ2v) is 7.35. The van der Waals surface area contributed by atoms with Gasteiger partial charge >= 0.3 is 0 Å². The van der Waals surface area contributed by atoms with Crippen LogP contribution in [0.2, 0.25) is 0 Å². The Balaban J connectivity index is 1.52. The number of hydrogen-bond donors (Lipinski definition) is 1. The van der Waals surface area contributed by atoms with Gasteiger partial charge in [-0.05, 0) is 43.3 Å². The molecule has 1 aliphatic rings. The van der Waals surface area contributed by atoms with Crippen LogP contribution in [0.1, 0.15) is 30.1 Å². The van der Waals surface area contributed by atoms with Crippen LogP contribution in [0.3, 0.4) is 0 Å². The Morgan fingerprint density at radius 2 is 2.12 bits per heavy atom. The highest BCUT2D eigenvalue weighted by Crippen LogP contribution is 2.27. The first kappa shape index (κ1) is 18.8. The third kappa shape index (κ3) is 4.62. The molecular weight excluding hydrogens is 353 g/mol. The van der Waals surface area contributed by atoms with Crippen molar-refractivity contribution in [1.82, 2.24) is 25.0 Å². The average molecular weight is 377 g/mol. The van der Waals surface area contributed by atoms with Crippen molar-refractivity contribution < 1.29 is 9.18 Å². The van der Waals surface area contributed by atoms with E-state index in [4.69, 9.17) is 0 Å². The SMILES string of the molecule is CSc1nnc([C@@H]2CCCN(CC(=O)NCc3ccc(F)cc3)C2)n1C. The molecule has 1 atom stereocenters. The molecule has 6 nitrogen and oxygen atoms in total. The predicted molar refractivity (Wildman–Crippen MR) is 99.4 cm³/mol. The molecule has 1 aromatic carbocycles. The highest BCUT2D eigenvalue weighted by Gasteiger charge is 2.26. The van der Waals surface area contributed by atoms with Gasteiger partial charge < -0.3 is 9.88 Å². The summed E-state index contributed by atoms with van der Waals surface area (Å²) in [6, 6.07) is 6.18. The number of piperidine rings is 1. The van der Waals surface area contributed by atoms with Crippen molar-refractivity contribution in [3.8, 4) is 0 Å². The molecule has 0 aliphatic carbocycles. The molecule has 1 amide bonds. The first-order chi connectivity index (χ1) is 12.6. The largest absolute Gasteiger partial charge is 0.351 e. The summed E-state index contributed by atoms with van der Waals surface area (Å²) in [4.78, 5) is 14.4. The van der Waals surface area contributed by atoms with Gasteiger partial charge in [-0.2, -0.15) is 0 Å². The van der Waals surface area contributed by atoms with Crippen LogP contribution in [-0.2, 0) is 18.4 Å². The molecule has 8 heteroatoms. The topological polar surface area (TPSA) is 63.1 Å². The minimum absolute atomic E-state index is 0.0160. The molecular formula is C18H24FN5OS. The van der Waals surface area contributed by atoms with E-state index in [1.54, 1.807) is 23.9 Å². The third-order valence-electron chi connectivity index (χ3n) is 4.69. The summed E-state index contributed by atoms with van der Waals surface area (Å²) in [5, 5.41) is 12.4. The second-order valence-electron chi connectivity index (χ2n) is 6.58. The van der Waals surface area contributed by atoms with Crippen molar-refractivity contribution in [3.63, 3.8) is 0 Å². The van der Waals surface area contributed by atoms with E-state index in [0.717, 1.165) is 42.5 Å². The van der Waals surface area contributed by atoms with Gasteiger partial charge in [-0.25, -0.2) is 4.39 Å². The number of nitrogens with one attached hydrogen (secondary N) is 1. The normalized spacial score (nSPS) is 18.0. The summed E-state index contributed by atoms with van der Waals surface area (Å²) in [6.07, 6.45) is 4.10. The molecule has 0 radical (unpaired) electrons. The Hall–Kier alpha value is -1.93. The Morgan fingerprint density at radius 1 is 1.35 bits per heavy atom. The number of carbonyl (C=O) groups is 1. The number of carbonyl (C=O) groups excluding carboxylic acids is 1. The smallest absolute Gasteiger partial charge is 0.234 e. The van der Waals surface area contributed by atoms with Crippen molar-refractivity contribution >= 4 is 17.7 Å². The average Bonchev–Trinajstić information content (AvgIpc) is 3.02. The zero-order valence-electron chi connectivity index (χ0n) is 15.1. The molecule has 0 bridgehead atoms. The maximum Gasteiger partial charge on any atom is 0.234 e. The molecule has 0 unspecified atom stereocenters. The summed E-state index contributed by atoms with van der Waals surface area (Å²) >= 11 is 1.59. The summed E-state index contributed by atoms with van der Waals surface area (Å²) in [6.45, 7) is 2.50. The fourth-order valence-electron chi connectivity index (χ4n) is 3.33. The van der Waals surface area contributed by atoms with E-state index in [1.165, 1.54) is 12.1 Å². The number of thioether (sulfide) groups is 1. The van der Waals surface area contributed by atoms with E-state index in [-0.39, 0.29) is 11.7 Å². The van der Waals surface area contributed by atoms with E-state index in [0.29, 0.717) is 19.0 Å². The van der Waals surface area contributed by atoms with Gasteiger partial charge in [-0.15, -0.1) is 10.2 Å². The quantitative estimate of drug-likeness (QED) is 0.782. The highest BCUT2D eigenvalue weighted by molar-refractivity contribution is 7.98. The number of halogens is 1. The molecule has 2 heterocycles. The standard InChI is InChI=1S/C18H24FN5OS/c1-23-17(21-22-18(23)26-2)14-4-3-9-24(11-14)12-16(25)20-10-13-5-7-15(19)8-6-13/h5-8,14H,3-4,9-12H2,1-2H3,(H,20,25)/t14-/m1/s1. The number of likely N-dealkylation sites (tertiary alicyclic amines) is 1. The number of nitrogens with zero attached hydrogens (tertiary/aromatic N) is 4. The molecule has 2 aromatic rings. The molecule has 0 saturated carbocycles. The van der Waals surface area contributed by atoms with Crippen LogP contribution in [0, 0.1) is 5.82 Å². The Morgan fingerprint density at radius 3 is 2.81 bits per heavy atom. The summed E-state index contributed by atoms with van der Waals surface area (Å²) in [5.41, 5.74) is 0.889. The Kier molecular flexibility index (Phi) is 6.26. The van der Waals surface area contributed by atoms with Gasteiger partial charge in [0.2, 0.25) is 5.91 Å². The second kappa shape index (κ2) is 8.64. The molecule has 1 N–H and O–H groups in total. The van der Waals surface area contributed by atoms with Crippen LogP contribution in [0.25, 0.3) is 0 Å². The lowest BCUT2D eigenvalue weighted by atomic mass is 9.97. The molecule has 26 heavy (non-hydrogen) atoms. The van der Waals surface area contributed by atoms with Crippen LogP contribution in [-0.4, -0.2) is 51.5 Å². The minimum atomic E-state index is -0.271.